The van der Waals surface area contributed by atoms with Crippen molar-refractivity contribution in [2.24, 2.45) is 0 Å². The molecular formula is C9H12N2O2. The molecular weight excluding hydrogens is 168 g/mol. The van der Waals surface area contributed by atoms with E-state index >= 15 is 0 Å². The quantitative estimate of drug-likeness (QED) is 0.629. The Labute approximate surface area is 76.0 Å². The standard InChI is InChI=1S/C9H12N2O2/c1-7-5-9(12)11-6-8(13-2)3-4-10(7)11/h3-5,8H,6H2,1-2H3. The molecule has 1 aliphatic rings. The number of rotatable bonds is 1. The van der Waals surface area contributed by atoms with Crippen LogP contribution in [0.25, 0.3) is 6.20 Å². The molecule has 4 heteroatoms. The molecule has 0 saturated heterocycles. The van der Waals surface area contributed by atoms with Gasteiger partial charge in [0.15, 0.2) is 0 Å². The van der Waals surface area contributed by atoms with Crippen LogP contribution in [0.5, 0.6) is 0 Å². The van der Waals surface area contributed by atoms with Crippen molar-refractivity contribution in [1.82, 2.24) is 9.36 Å². The van der Waals surface area contributed by atoms with E-state index in [1.165, 1.54) is 0 Å². The SMILES string of the molecule is COC1C=Cn2c(C)cc(=O)n2C1. The first-order valence-electron chi connectivity index (χ1n) is 4.22. The second-order valence-electron chi connectivity index (χ2n) is 3.17. The van der Waals surface area contributed by atoms with Crippen molar-refractivity contribution in [3.63, 3.8) is 0 Å². The number of hydrogen-bond donors (Lipinski definition) is 0. The van der Waals surface area contributed by atoms with Gasteiger partial charge in [0.2, 0.25) is 0 Å². The molecule has 1 aromatic heterocycles. The maximum Gasteiger partial charge on any atom is 0.267 e. The summed E-state index contributed by atoms with van der Waals surface area (Å²) in [5.41, 5.74) is 0.986. The molecule has 0 amide bonds. The molecule has 4 nitrogen and oxygen atoms in total. The van der Waals surface area contributed by atoms with Gasteiger partial charge in [0.05, 0.1) is 12.6 Å². The van der Waals surface area contributed by atoms with Crippen LogP contribution in [0.3, 0.4) is 0 Å². The van der Waals surface area contributed by atoms with Gasteiger partial charge in [-0.1, -0.05) is 0 Å². The van der Waals surface area contributed by atoms with Crippen LogP contribution in [0.1, 0.15) is 5.69 Å². The van der Waals surface area contributed by atoms with Gasteiger partial charge in [-0.25, -0.2) is 4.68 Å². The summed E-state index contributed by atoms with van der Waals surface area (Å²) >= 11 is 0. The summed E-state index contributed by atoms with van der Waals surface area (Å²) < 4.78 is 8.67. The average Bonchev–Trinajstić information content (AvgIpc) is 2.42. The Morgan fingerprint density at radius 1 is 1.62 bits per heavy atom. The lowest BCUT2D eigenvalue weighted by Crippen LogP contribution is -2.31. The molecule has 1 aromatic rings. The van der Waals surface area contributed by atoms with Crippen LogP contribution < -0.4 is 5.56 Å². The zero-order valence-corrected chi connectivity index (χ0v) is 7.73. The zero-order chi connectivity index (χ0) is 9.42. The van der Waals surface area contributed by atoms with E-state index in [0.717, 1.165) is 5.69 Å². The van der Waals surface area contributed by atoms with Gasteiger partial charge in [-0.3, -0.25) is 9.48 Å². The third-order valence-corrected chi connectivity index (χ3v) is 2.31. The first-order valence-corrected chi connectivity index (χ1v) is 4.22. The number of hydrogen-bond acceptors (Lipinski definition) is 2. The number of ether oxygens (including phenoxy) is 1. The van der Waals surface area contributed by atoms with E-state index in [2.05, 4.69) is 0 Å². The maximum absolute atomic E-state index is 11.4. The molecule has 2 rings (SSSR count). The van der Waals surface area contributed by atoms with Gasteiger partial charge in [0.25, 0.3) is 5.56 Å². The van der Waals surface area contributed by atoms with Crippen molar-refractivity contribution < 1.29 is 4.74 Å². The van der Waals surface area contributed by atoms with Crippen molar-refractivity contribution in [2.45, 2.75) is 19.6 Å². The summed E-state index contributed by atoms with van der Waals surface area (Å²) in [6, 6.07) is 1.63. The molecule has 70 valence electrons. The summed E-state index contributed by atoms with van der Waals surface area (Å²) in [4.78, 5) is 11.4. The van der Waals surface area contributed by atoms with Crippen LogP contribution in [-0.4, -0.2) is 22.6 Å². The number of fused-ring (bicyclic) bond motifs is 1. The average molecular weight is 180 g/mol. The Balaban J connectivity index is 2.49. The van der Waals surface area contributed by atoms with E-state index in [0.29, 0.717) is 6.54 Å². The van der Waals surface area contributed by atoms with E-state index in [4.69, 9.17) is 4.74 Å². The van der Waals surface area contributed by atoms with E-state index < -0.39 is 0 Å². The van der Waals surface area contributed by atoms with Crippen LogP contribution in [-0.2, 0) is 11.3 Å². The van der Waals surface area contributed by atoms with E-state index in [1.54, 1.807) is 17.9 Å². The highest BCUT2D eigenvalue weighted by Crippen LogP contribution is 2.07. The molecule has 1 aliphatic heterocycles. The van der Waals surface area contributed by atoms with Crippen molar-refractivity contribution in [3.8, 4) is 0 Å². The van der Waals surface area contributed by atoms with E-state index in [-0.39, 0.29) is 11.7 Å². The van der Waals surface area contributed by atoms with Gasteiger partial charge in [-0.2, -0.15) is 0 Å². The van der Waals surface area contributed by atoms with Crippen LogP contribution in [0.2, 0.25) is 0 Å². The van der Waals surface area contributed by atoms with Gasteiger partial charge in [-0.05, 0) is 13.0 Å². The third-order valence-electron chi connectivity index (χ3n) is 2.31. The fourth-order valence-electron chi connectivity index (χ4n) is 1.55. The molecule has 0 fully saturated rings. The molecule has 0 spiro atoms. The molecule has 0 bridgehead atoms. The Morgan fingerprint density at radius 2 is 2.38 bits per heavy atom. The Kier molecular flexibility index (Phi) is 1.84. The molecule has 0 N–H and O–H groups in total. The fourth-order valence-corrected chi connectivity index (χ4v) is 1.55. The highest BCUT2D eigenvalue weighted by Gasteiger charge is 2.14. The fraction of sp³-hybridized carbons (Fsp3) is 0.444. The van der Waals surface area contributed by atoms with Gasteiger partial charge in [-0.15, -0.1) is 0 Å². The zero-order valence-electron chi connectivity index (χ0n) is 7.73. The second-order valence-corrected chi connectivity index (χ2v) is 3.17. The number of aromatic nitrogens is 2. The van der Waals surface area contributed by atoms with Crippen LogP contribution >= 0.6 is 0 Å². The molecule has 0 aromatic carbocycles. The number of methoxy groups -OCH3 is 1. The summed E-state index contributed by atoms with van der Waals surface area (Å²) in [5, 5.41) is 0. The predicted octanol–water partition coefficient (Wildman–Crippen LogP) is 0.458. The van der Waals surface area contributed by atoms with Crippen molar-refractivity contribution in [1.29, 1.82) is 0 Å². The topological polar surface area (TPSA) is 36.2 Å². The van der Waals surface area contributed by atoms with Gasteiger partial charge in [0, 0.05) is 25.1 Å². The minimum absolute atomic E-state index is 0.0134. The van der Waals surface area contributed by atoms with Crippen molar-refractivity contribution in [3.05, 3.63) is 28.2 Å². The van der Waals surface area contributed by atoms with Crippen LogP contribution in [0.4, 0.5) is 0 Å². The lowest BCUT2D eigenvalue weighted by molar-refractivity contribution is 0.115. The smallest absolute Gasteiger partial charge is 0.267 e. The monoisotopic (exact) mass is 180 g/mol. The molecule has 0 aliphatic carbocycles. The van der Waals surface area contributed by atoms with Crippen LogP contribution in [0.15, 0.2) is 16.9 Å². The highest BCUT2D eigenvalue weighted by molar-refractivity contribution is 5.28. The first-order chi connectivity index (χ1) is 6.22. The van der Waals surface area contributed by atoms with Crippen LogP contribution in [0, 0.1) is 6.92 Å². The highest BCUT2D eigenvalue weighted by atomic mass is 16.5. The lowest BCUT2D eigenvalue weighted by atomic mass is 10.3. The third kappa shape index (κ3) is 1.23. The minimum atomic E-state index is 0.0134. The Hall–Kier alpha value is -1.29. The summed E-state index contributed by atoms with van der Waals surface area (Å²) in [6.07, 6.45) is 3.83. The summed E-state index contributed by atoms with van der Waals surface area (Å²) in [5.74, 6) is 0. The molecule has 0 saturated carbocycles. The van der Waals surface area contributed by atoms with E-state index in [1.807, 2.05) is 23.9 Å². The van der Waals surface area contributed by atoms with Crippen molar-refractivity contribution in [2.75, 3.05) is 7.11 Å². The number of nitrogens with zero attached hydrogens (tertiary/aromatic N) is 2. The first kappa shape index (κ1) is 8.31. The summed E-state index contributed by atoms with van der Waals surface area (Å²) in [6.45, 7) is 2.51. The van der Waals surface area contributed by atoms with Crippen molar-refractivity contribution >= 4 is 6.20 Å². The van der Waals surface area contributed by atoms with Gasteiger partial charge < -0.3 is 4.74 Å². The molecule has 2 heterocycles. The van der Waals surface area contributed by atoms with E-state index in [9.17, 15) is 4.79 Å². The second kappa shape index (κ2) is 2.88. The Bertz CT molecular complexity index is 400. The predicted molar refractivity (Wildman–Crippen MR) is 49.6 cm³/mol. The molecule has 13 heavy (non-hydrogen) atoms. The summed E-state index contributed by atoms with van der Waals surface area (Å²) in [7, 11) is 1.64. The molecule has 1 unspecified atom stereocenters. The normalized spacial score (nSPS) is 20.3. The molecule has 1 atom stereocenters. The van der Waals surface area contributed by atoms with Gasteiger partial charge >= 0.3 is 0 Å². The maximum atomic E-state index is 11.4. The lowest BCUT2D eigenvalue weighted by Gasteiger charge is -2.19. The minimum Gasteiger partial charge on any atom is -0.375 e. The molecule has 0 radical (unpaired) electrons. The number of aryl methyl sites for hydroxylation is 1. The largest absolute Gasteiger partial charge is 0.375 e. The Morgan fingerprint density at radius 3 is 3.08 bits per heavy atom. The van der Waals surface area contributed by atoms with Gasteiger partial charge in [0.1, 0.15) is 0 Å².